The molecule has 1 saturated heterocycles. The molecule has 0 saturated carbocycles. The Labute approximate surface area is 184 Å². The topological polar surface area (TPSA) is 49.9 Å². The van der Waals surface area contributed by atoms with Crippen molar-refractivity contribution < 1.29 is 14.3 Å². The average molecular weight is 419 g/mol. The van der Waals surface area contributed by atoms with Crippen LogP contribution in [0.3, 0.4) is 0 Å². The second-order valence-corrected chi connectivity index (χ2v) is 7.92. The SMILES string of the molecule is C=C(C)CC[C@H]1CN(C(=O)c2ccc(OC)cc2)CC(=O)N1C/C=C/c1ccccc1. The summed E-state index contributed by atoms with van der Waals surface area (Å²) >= 11 is 0. The van der Waals surface area contributed by atoms with Crippen LogP contribution < -0.4 is 4.74 Å². The number of allylic oxidation sites excluding steroid dienone is 1. The standard InChI is InChI=1S/C26H30N2O3/c1-20(2)11-14-23-18-27(26(30)22-12-15-24(31-3)16-13-22)19-25(29)28(23)17-7-10-21-8-5-4-6-9-21/h4-10,12-13,15-16,23H,1,11,14,17-19H2,2-3H3/b10-7+/t23-/m0/s1. The summed E-state index contributed by atoms with van der Waals surface area (Å²) in [6.45, 7) is 7.12. The fraction of sp³-hybridized carbons (Fsp3) is 0.308. The van der Waals surface area contributed by atoms with Gasteiger partial charge in [-0.15, -0.1) is 6.58 Å². The molecule has 1 aliphatic rings. The van der Waals surface area contributed by atoms with Gasteiger partial charge in [0.05, 0.1) is 13.2 Å². The second-order valence-electron chi connectivity index (χ2n) is 7.92. The summed E-state index contributed by atoms with van der Waals surface area (Å²) in [6.07, 6.45) is 5.65. The highest BCUT2D eigenvalue weighted by molar-refractivity contribution is 5.97. The number of rotatable bonds is 8. The molecule has 3 rings (SSSR count). The normalized spacial score (nSPS) is 16.6. The number of carbonyl (C=O) groups is 2. The number of hydrogen-bond donors (Lipinski definition) is 0. The maximum atomic E-state index is 13.0. The van der Waals surface area contributed by atoms with Gasteiger partial charge >= 0.3 is 0 Å². The van der Waals surface area contributed by atoms with Crippen LogP contribution in [0.15, 0.2) is 72.8 Å². The predicted molar refractivity (Wildman–Crippen MR) is 124 cm³/mol. The highest BCUT2D eigenvalue weighted by atomic mass is 16.5. The van der Waals surface area contributed by atoms with E-state index in [1.54, 1.807) is 36.3 Å². The largest absolute Gasteiger partial charge is 0.497 e. The van der Waals surface area contributed by atoms with Gasteiger partial charge in [0.15, 0.2) is 0 Å². The number of amides is 2. The quantitative estimate of drug-likeness (QED) is 0.597. The summed E-state index contributed by atoms with van der Waals surface area (Å²) in [6, 6.07) is 17.0. The second kappa shape index (κ2) is 10.6. The summed E-state index contributed by atoms with van der Waals surface area (Å²) in [5, 5.41) is 0. The van der Waals surface area contributed by atoms with E-state index >= 15 is 0 Å². The van der Waals surface area contributed by atoms with Gasteiger partial charge in [-0.3, -0.25) is 9.59 Å². The first-order chi connectivity index (χ1) is 15.0. The third-order valence-corrected chi connectivity index (χ3v) is 5.46. The first-order valence-electron chi connectivity index (χ1n) is 10.6. The monoisotopic (exact) mass is 418 g/mol. The van der Waals surface area contributed by atoms with Crippen LogP contribution in [-0.2, 0) is 4.79 Å². The number of methoxy groups -OCH3 is 1. The molecule has 162 valence electrons. The summed E-state index contributed by atoms with van der Waals surface area (Å²) in [7, 11) is 1.59. The Morgan fingerprint density at radius 3 is 2.52 bits per heavy atom. The lowest BCUT2D eigenvalue weighted by atomic mass is 10.0. The van der Waals surface area contributed by atoms with Crippen molar-refractivity contribution in [3.05, 3.63) is 84.0 Å². The zero-order valence-corrected chi connectivity index (χ0v) is 18.3. The smallest absolute Gasteiger partial charge is 0.254 e. The van der Waals surface area contributed by atoms with E-state index < -0.39 is 0 Å². The van der Waals surface area contributed by atoms with E-state index in [2.05, 4.69) is 6.58 Å². The van der Waals surface area contributed by atoms with Gasteiger partial charge in [0.1, 0.15) is 12.3 Å². The number of hydrogen-bond acceptors (Lipinski definition) is 3. The van der Waals surface area contributed by atoms with Crippen molar-refractivity contribution in [1.82, 2.24) is 9.80 Å². The molecule has 0 N–H and O–H groups in total. The Kier molecular flexibility index (Phi) is 7.65. The molecular weight excluding hydrogens is 388 g/mol. The molecule has 1 atom stereocenters. The minimum atomic E-state index is -0.129. The predicted octanol–water partition coefficient (Wildman–Crippen LogP) is 4.42. The Morgan fingerprint density at radius 2 is 1.87 bits per heavy atom. The molecule has 1 aliphatic heterocycles. The van der Waals surface area contributed by atoms with Crippen molar-refractivity contribution in [1.29, 1.82) is 0 Å². The van der Waals surface area contributed by atoms with Crippen molar-refractivity contribution >= 4 is 17.9 Å². The van der Waals surface area contributed by atoms with Gasteiger partial charge in [0.25, 0.3) is 5.91 Å². The van der Waals surface area contributed by atoms with Crippen LogP contribution in [0.4, 0.5) is 0 Å². The molecule has 5 nitrogen and oxygen atoms in total. The van der Waals surface area contributed by atoms with Crippen LogP contribution in [0.5, 0.6) is 5.75 Å². The minimum absolute atomic E-state index is 0.0301. The Balaban J connectivity index is 1.72. The lowest BCUT2D eigenvalue weighted by Gasteiger charge is -2.41. The summed E-state index contributed by atoms with van der Waals surface area (Å²) < 4.78 is 5.17. The van der Waals surface area contributed by atoms with Crippen LogP contribution in [0.25, 0.3) is 6.08 Å². The molecule has 0 unspecified atom stereocenters. The van der Waals surface area contributed by atoms with Crippen LogP contribution in [-0.4, -0.2) is 54.4 Å². The minimum Gasteiger partial charge on any atom is -0.497 e. The molecular formula is C26H30N2O3. The molecule has 1 heterocycles. The first-order valence-corrected chi connectivity index (χ1v) is 10.6. The molecule has 2 amide bonds. The fourth-order valence-corrected chi connectivity index (χ4v) is 3.72. The third-order valence-electron chi connectivity index (χ3n) is 5.46. The maximum absolute atomic E-state index is 13.0. The van der Waals surface area contributed by atoms with E-state index in [-0.39, 0.29) is 24.4 Å². The zero-order valence-electron chi connectivity index (χ0n) is 18.3. The van der Waals surface area contributed by atoms with Crippen LogP contribution in [0.2, 0.25) is 0 Å². The van der Waals surface area contributed by atoms with Crippen molar-refractivity contribution in [2.24, 2.45) is 0 Å². The Bertz CT molecular complexity index is 935. The highest BCUT2D eigenvalue weighted by Gasteiger charge is 2.34. The molecule has 5 heteroatoms. The first kappa shape index (κ1) is 22.3. The van der Waals surface area contributed by atoms with E-state index in [0.29, 0.717) is 24.4 Å². The summed E-state index contributed by atoms with van der Waals surface area (Å²) in [5.74, 6) is 0.537. The van der Waals surface area contributed by atoms with Crippen molar-refractivity contribution in [3.63, 3.8) is 0 Å². The van der Waals surface area contributed by atoms with Crippen molar-refractivity contribution in [2.75, 3.05) is 26.7 Å². The van der Waals surface area contributed by atoms with E-state index in [1.165, 1.54) is 0 Å². The highest BCUT2D eigenvalue weighted by Crippen LogP contribution is 2.21. The maximum Gasteiger partial charge on any atom is 0.254 e. The Hall–Kier alpha value is -3.34. The van der Waals surface area contributed by atoms with Gasteiger partial charge in [-0.2, -0.15) is 0 Å². The van der Waals surface area contributed by atoms with Crippen LogP contribution in [0, 0.1) is 0 Å². The van der Waals surface area contributed by atoms with Crippen molar-refractivity contribution in [3.8, 4) is 5.75 Å². The third kappa shape index (κ3) is 6.07. The number of benzene rings is 2. The molecule has 2 aromatic rings. The molecule has 2 aromatic carbocycles. The number of nitrogens with zero attached hydrogens (tertiary/aromatic N) is 2. The van der Waals surface area contributed by atoms with E-state index in [0.717, 1.165) is 24.0 Å². The fourth-order valence-electron chi connectivity index (χ4n) is 3.72. The van der Waals surface area contributed by atoms with Gasteiger partial charge in [0.2, 0.25) is 5.91 Å². The lowest BCUT2D eigenvalue weighted by Crippen LogP contribution is -2.57. The number of carbonyl (C=O) groups excluding carboxylic acids is 2. The van der Waals surface area contributed by atoms with Gasteiger partial charge in [-0.1, -0.05) is 48.1 Å². The van der Waals surface area contributed by atoms with E-state index in [1.807, 2.05) is 54.3 Å². The number of ether oxygens (including phenoxy) is 1. The van der Waals surface area contributed by atoms with Crippen molar-refractivity contribution in [2.45, 2.75) is 25.8 Å². The van der Waals surface area contributed by atoms with Crippen LogP contribution >= 0.6 is 0 Å². The molecule has 0 aromatic heterocycles. The van der Waals surface area contributed by atoms with Gasteiger partial charge < -0.3 is 14.5 Å². The van der Waals surface area contributed by atoms with Crippen LogP contribution in [0.1, 0.15) is 35.7 Å². The van der Waals surface area contributed by atoms with Gasteiger partial charge in [-0.25, -0.2) is 0 Å². The Morgan fingerprint density at radius 1 is 1.16 bits per heavy atom. The summed E-state index contributed by atoms with van der Waals surface area (Å²) in [4.78, 5) is 29.6. The summed E-state index contributed by atoms with van der Waals surface area (Å²) in [5.41, 5.74) is 2.73. The molecule has 1 fully saturated rings. The molecule has 0 spiro atoms. The van der Waals surface area contributed by atoms with Gasteiger partial charge in [-0.05, 0) is 49.6 Å². The zero-order chi connectivity index (χ0) is 22.2. The number of piperazine rings is 1. The average Bonchev–Trinajstić information content (AvgIpc) is 2.79. The van der Waals surface area contributed by atoms with Gasteiger partial charge in [0, 0.05) is 18.7 Å². The molecule has 0 radical (unpaired) electrons. The molecule has 31 heavy (non-hydrogen) atoms. The van der Waals surface area contributed by atoms with E-state index in [4.69, 9.17) is 4.74 Å². The van der Waals surface area contributed by atoms with E-state index in [9.17, 15) is 9.59 Å². The lowest BCUT2D eigenvalue weighted by molar-refractivity contribution is -0.138. The molecule has 0 bridgehead atoms. The molecule has 0 aliphatic carbocycles.